The molecule has 0 aliphatic carbocycles. The Morgan fingerprint density at radius 2 is 1.58 bits per heavy atom. The van der Waals surface area contributed by atoms with Gasteiger partial charge in [0.15, 0.2) is 6.10 Å². The van der Waals surface area contributed by atoms with Crippen LogP contribution in [-0.2, 0) is 20.7 Å². The average molecular weight is 363 g/mol. The predicted octanol–water partition coefficient (Wildman–Crippen LogP) is 1.84. The van der Waals surface area contributed by atoms with Crippen LogP contribution in [0.3, 0.4) is 0 Å². The SMILES string of the molecule is CC(C)N(C(=O)[C@@H](C)OC(=O)[C@H](Cc1ccccc1)NC(N)=O)C(C)C. The highest BCUT2D eigenvalue weighted by molar-refractivity contribution is 5.87. The van der Waals surface area contributed by atoms with E-state index in [0.29, 0.717) is 0 Å². The van der Waals surface area contributed by atoms with Crippen molar-refractivity contribution in [3.8, 4) is 0 Å². The second-order valence-electron chi connectivity index (χ2n) is 6.76. The van der Waals surface area contributed by atoms with E-state index in [2.05, 4.69) is 5.32 Å². The fourth-order valence-corrected chi connectivity index (χ4v) is 2.84. The van der Waals surface area contributed by atoms with Crippen molar-refractivity contribution < 1.29 is 19.1 Å². The van der Waals surface area contributed by atoms with Crippen LogP contribution in [0.2, 0.25) is 0 Å². The number of benzene rings is 1. The maximum absolute atomic E-state index is 12.6. The van der Waals surface area contributed by atoms with Crippen molar-refractivity contribution in [2.75, 3.05) is 0 Å². The van der Waals surface area contributed by atoms with Crippen LogP contribution < -0.4 is 11.1 Å². The number of carbonyl (C=O) groups is 3. The number of nitrogens with one attached hydrogen (secondary N) is 1. The monoisotopic (exact) mass is 363 g/mol. The van der Waals surface area contributed by atoms with E-state index < -0.39 is 24.1 Å². The molecule has 1 rings (SSSR count). The number of amides is 3. The predicted molar refractivity (Wildman–Crippen MR) is 99.3 cm³/mol. The summed E-state index contributed by atoms with van der Waals surface area (Å²) in [6.45, 7) is 9.14. The van der Waals surface area contributed by atoms with E-state index in [9.17, 15) is 14.4 Å². The molecule has 0 aliphatic heterocycles. The summed E-state index contributed by atoms with van der Waals surface area (Å²) in [5, 5.41) is 2.39. The first-order chi connectivity index (χ1) is 12.1. The Morgan fingerprint density at radius 3 is 2.04 bits per heavy atom. The van der Waals surface area contributed by atoms with Crippen LogP contribution in [-0.4, -0.2) is 47.0 Å². The lowest BCUT2D eigenvalue weighted by Gasteiger charge is -2.33. The number of ether oxygens (including phenoxy) is 1. The molecule has 0 saturated heterocycles. The normalized spacial score (nSPS) is 13.2. The summed E-state index contributed by atoms with van der Waals surface area (Å²) in [6, 6.07) is 7.35. The summed E-state index contributed by atoms with van der Waals surface area (Å²) in [4.78, 5) is 38.0. The van der Waals surface area contributed by atoms with Gasteiger partial charge < -0.3 is 20.7 Å². The summed E-state index contributed by atoms with van der Waals surface area (Å²) in [6.07, 6.45) is -0.734. The molecular formula is C19H29N3O4. The van der Waals surface area contributed by atoms with Crippen molar-refractivity contribution in [2.24, 2.45) is 5.73 Å². The summed E-state index contributed by atoms with van der Waals surface area (Å²) in [5.41, 5.74) is 6.01. The molecule has 0 bridgehead atoms. The van der Waals surface area contributed by atoms with Gasteiger partial charge in [0.25, 0.3) is 5.91 Å². The molecule has 2 atom stereocenters. The van der Waals surface area contributed by atoms with Crippen LogP contribution in [0, 0.1) is 0 Å². The van der Waals surface area contributed by atoms with Crippen LogP contribution in [0.4, 0.5) is 4.79 Å². The van der Waals surface area contributed by atoms with Gasteiger partial charge in [0.2, 0.25) is 0 Å². The average Bonchev–Trinajstić information content (AvgIpc) is 2.53. The summed E-state index contributed by atoms with van der Waals surface area (Å²) >= 11 is 0. The molecule has 0 fully saturated rings. The Labute approximate surface area is 154 Å². The van der Waals surface area contributed by atoms with Crippen molar-refractivity contribution in [1.29, 1.82) is 0 Å². The zero-order chi connectivity index (χ0) is 19.9. The van der Waals surface area contributed by atoms with E-state index in [1.54, 1.807) is 4.90 Å². The summed E-state index contributed by atoms with van der Waals surface area (Å²) in [7, 11) is 0. The largest absolute Gasteiger partial charge is 0.451 e. The number of esters is 1. The minimum atomic E-state index is -0.961. The minimum Gasteiger partial charge on any atom is -0.451 e. The highest BCUT2D eigenvalue weighted by Gasteiger charge is 2.30. The topological polar surface area (TPSA) is 102 Å². The molecule has 0 unspecified atom stereocenters. The molecule has 144 valence electrons. The number of rotatable bonds is 8. The van der Waals surface area contributed by atoms with Crippen molar-refractivity contribution in [3.05, 3.63) is 35.9 Å². The summed E-state index contributed by atoms with van der Waals surface area (Å²) < 4.78 is 5.33. The van der Waals surface area contributed by atoms with Crippen molar-refractivity contribution in [1.82, 2.24) is 10.2 Å². The quantitative estimate of drug-likeness (QED) is 0.688. The molecule has 3 amide bonds. The van der Waals surface area contributed by atoms with Gasteiger partial charge >= 0.3 is 12.0 Å². The minimum absolute atomic E-state index is 0.0208. The Morgan fingerprint density at radius 1 is 1.04 bits per heavy atom. The maximum Gasteiger partial charge on any atom is 0.329 e. The Kier molecular flexibility index (Phi) is 8.09. The maximum atomic E-state index is 12.6. The molecule has 1 aromatic rings. The number of nitrogens with two attached hydrogens (primary N) is 1. The fraction of sp³-hybridized carbons (Fsp3) is 0.526. The highest BCUT2D eigenvalue weighted by Crippen LogP contribution is 2.11. The molecule has 0 aromatic heterocycles. The zero-order valence-corrected chi connectivity index (χ0v) is 16.1. The lowest BCUT2D eigenvalue weighted by atomic mass is 10.1. The third-order valence-corrected chi connectivity index (χ3v) is 3.89. The van der Waals surface area contributed by atoms with E-state index in [1.807, 2.05) is 58.0 Å². The lowest BCUT2D eigenvalue weighted by Crippen LogP contribution is -2.50. The fourth-order valence-electron chi connectivity index (χ4n) is 2.84. The van der Waals surface area contributed by atoms with Gasteiger partial charge in [-0.15, -0.1) is 0 Å². The van der Waals surface area contributed by atoms with E-state index >= 15 is 0 Å². The van der Waals surface area contributed by atoms with Gasteiger partial charge in [-0.05, 0) is 40.2 Å². The number of hydrogen-bond donors (Lipinski definition) is 2. The highest BCUT2D eigenvalue weighted by atomic mass is 16.5. The third-order valence-electron chi connectivity index (χ3n) is 3.89. The smallest absolute Gasteiger partial charge is 0.329 e. The first-order valence-corrected chi connectivity index (χ1v) is 8.76. The van der Waals surface area contributed by atoms with E-state index in [1.165, 1.54) is 6.92 Å². The zero-order valence-electron chi connectivity index (χ0n) is 16.1. The molecular weight excluding hydrogens is 334 g/mol. The van der Waals surface area contributed by atoms with Gasteiger partial charge in [0.1, 0.15) is 6.04 Å². The molecule has 0 saturated carbocycles. The molecule has 26 heavy (non-hydrogen) atoms. The standard InChI is InChI=1S/C19H29N3O4/c1-12(2)22(13(3)4)17(23)14(5)26-18(24)16(21-19(20)25)11-15-9-7-6-8-10-15/h6-10,12-14,16H,11H2,1-5H3,(H3,20,21,25)/t14-,16+/m1/s1. The first-order valence-electron chi connectivity index (χ1n) is 8.76. The van der Waals surface area contributed by atoms with Crippen LogP contribution >= 0.6 is 0 Å². The molecule has 0 aliphatic rings. The molecule has 0 heterocycles. The second-order valence-corrected chi connectivity index (χ2v) is 6.76. The van der Waals surface area contributed by atoms with Crippen molar-refractivity contribution in [3.63, 3.8) is 0 Å². The van der Waals surface area contributed by atoms with Gasteiger partial charge in [-0.1, -0.05) is 30.3 Å². The molecule has 0 radical (unpaired) electrons. The number of primary amides is 1. The van der Waals surface area contributed by atoms with E-state index in [-0.39, 0.29) is 24.4 Å². The van der Waals surface area contributed by atoms with Crippen LogP contribution in [0.1, 0.15) is 40.2 Å². The number of hydrogen-bond acceptors (Lipinski definition) is 4. The second kappa shape index (κ2) is 9.79. The van der Waals surface area contributed by atoms with Crippen LogP contribution in [0.15, 0.2) is 30.3 Å². The number of urea groups is 1. The third kappa shape index (κ3) is 6.38. The van der Waals surface area contributed by atoms with Gasteiger partial charge in [0.05, 0.1) is 0 Å². The number of nitrogens with zero attached hydrogens (tertiary/aromatic N) is 1. The van der Waals surface area contributed by atoms with Gasteiger partial charge in [-0.2, -0.15) is 0 Å². The molecule has 1 aromatic carbocycles. The van der Waals surface area contributed by atoms with E-state index in [0.717, 1.165) is 5.56 Å². The van der Waals surface area contributed by atoms with Gasteiger partial charge in [-0.25, -0.2) is 9.59 Å². The lowest BCUT2D eigenvalue weighted by molar-refractivity contribution is -0.162. The molecule has 3 N–H and O–H groups in total. The van der Waals surface area contributed by atoms with Crippen LogP contribution in [0.25, 0.3) is 0 Å². The Hall–Kier alpha value is -2.57. The Balaban J connectivity index is 2.84. The van der Waals surface area contributed by atoms with Crippen molar-refractivity contribution in [2.45, 2.75) is 65.3 Å². The van der Waals surface area contributed by atoms with Gasteiger partial charge in [-0.3, -0.25) is 4.79 Å². The van der Waals surface area contributed by atoms with Crippen molar-refractivity contribution >= 4 is 17.9 Å². The Bertz CT molecular complexity index is 608. The number of carbonyl (C=O) groups excluding carboxylic acids is 3. The molecule has 7 nitrogen and oxygen atoms in total. The van der Waals surface area contributed by atoms with Crippen LogP contribution in [0.5, 0.6) is 0 Å². The summed E-state index contributed by atoms with van der Waals surface area (Å²) in [5.74, 6) is -0.971. The van der Waals surface area contributed by atoms with Gasteiger partial charge in [0, 0.05) is 18.5 Å². The molecule has 0 spiro atoms. The van der Waals surface area contributed by atoms with E-state index in [4.69, 9.17) is 10.5 Å². The first kappa shape index (κ1) is 21.5. The molecule has 7 heteroatoms.